The SMILES string of the molecule is CC1(C)CN(S(=O)(=O)CCc2ccncc2)CC(CN)O1. The molecule has 1 aromatic rings. The molecule has 1 atom stereocenters. The van der Waals surface area contributed by atoms with E-state index in [-0.39, 0.29) is 11.9 Å². The van der Waals surface area contributed by atoms with Crippen molar-refractivity contribution in [3.05, 3.63) is 30.1 Å². The average molecular weight is 313 g/mol. The Labute approximate surface area is 126 Å². The fourth-order valence-corrected chi connectivity index (χ4v) is 4.15. The van der Waals surface area contributed by atoms with Crippen molar-refractivity contribution in [1.82, 2.24) is 9.29 Å². The highest BCUT2D eigenvalue weighted by molar-refractivity contribution is 7.89. The fourth-order valence-electron chi connectivity index (χ4n) is 2.50. The van der Waals surface area contributed by atoms with E-state index in [1.54, 1.807) is 12.4 Å². The van der Waals surface area contributed by atoms with Crippen LogP contribution in [0.25, 0.3) is 0 Å². The second-order valence-electron chi connectivity index (χ2n) is 5.95. The Balaban J connectivity index is 2.04. The van der Waals surface area contributed by atoms with Crippen LogP contribution in [0.5, 0.6) is 0 Å². The molecule has 0 bridgehead atoms. The minimum absolute atomic E-state index is 0.0877. The van der Waals surface area contributed by atoms with Gasteiger partial charge in [0.15, 0.2) is 0 Å². The van der Waals surface area contributed by atoms with Crippen molar-refractivity contribution in [2.75, 3.05) is 25.4 Å². The summed E-state index contributed by atoms with van der Waals surface area (Å²) in [5, 5.41) is 0. The average Bonchev–Trinajstić information content (AvgIpc) is 2.44. The number of nitrogens with zero attached hydrogens (tertiary/aromatic N) is 2. The van der Waals surface area contributed by atoms with E-state index in [0.717, 1.165) is 5.56 Å². The number of pyridine rings is 1. The third kappa shape index (κ3) is 4.47. The number of nitrogens with two attached hydrogens (primary N) is 1. The largest absolute Gasteiger partial charge is 0.368 e. The van der Waals surface area contributed by atoms with Crippen LogP contribution in [0, 0.1) is 0 Å². The maximum absolute atomic E-state index is 12.5. The molecular weight excluding hydrogens is 290 g/mol. The molecule has 2 heterocycles. The smallest absolute Gasteiger partial charge is 0.214 e. The molecule has 2 rings (SSSR count). The van der Waals surface area contributed by atoms with E-state index in [4.69, 9.17) is 10.5 Å². The first kappa shape index (κ1) is 16.4. The molecule has 6 nitrogen and oxygen atoms in total. The Kier molecular flexibility index (Phi) is 4.98. The first-order valence-corrected chi connectivity index (χ1v) is 8.68. The van der Waals surface area contributed by atoms with Gasteiger partial charge in [-0.3, -0.25) is 4.98 Å². The van der Waals surface area contributed by atoms with Crippen molar-refractivity contribution in [1.29, 1.82) is 0 Å². The molecule has 7 heteroatoms. The quantitative estimate of drug-likeness (QED) is 0.850. The van der Waals surface area contributed by atoms with Gasteiger partial charge < -0.3 is 10.5 Å². The molecule has 0 radical (unpaired) electrons. The number of aryl methyl sites for hydroxylation is 1. The van der Waals surface area contributed by atoms with E-state index in [0.29, 0.717) is 26.1 Å². The van der Waals surface area contributed by atoms with Crippen molar-refractivity contribution >= 4 is 10.0 Å². The van der Waals surface area contributed by atoms with Crippen LogP contribution in [0.15, 0.2) is 24.5 Å². The summed E-state index contributed by atoms with van der Waals surface area (Å²) in [4.78, 5) is 3.93. The Morgan fingerprint density at radius 1 is 1.43 bits per heavy atom. The normalized spacial score (nSPS) is 23.1. The lowest BCUT2D eigenvalue weighted by Crippen LogP contribution is -2.56. The van der Waals surface area contributed by atoms with Gasteiger partial charge in [-0.25, -0.2) is 8.42 Å². The molecule has 118 valence electrons. The van der Waals surface area contributed by atoms with Gasteiger partial charge in [0.25, 0.3) is 0 Å². The van der Waals surface area contributed by atoms with Crippen molar-refractivity contribution in [2.45, 2.75) is 32.0 Å². The Morgan fingerprint density at radius 3 is 2.71 bits per heavy atom. The molecule has 21 heavy (non-hydrogen) atoms. The van der Waals surface area contributed by atoms with Gasteiger partial charge in [-0.15, -0.1) is 0 Å². The summed E-state index contributed by atoms with van der Waals surface area (Å²) in [6.07, 6.45) is 3.58. The number of morpholine rings is 1. The molecular formula is C14H23N3O3S. The lowest BCUT2D eigenvalue weighted by Gasteiger charge is -2.41. The van der Waals surface area contributed by atoms with E-state index in [9.17, 15) is 8.42 Å². The van der Waals surface area contributed by atoms with Crippen molar-refractivity contribution in [3.63, 3.8) is 0 Å². The first-order valence-electron chi connectivity index (χ1n) is 7.07. The standard InChI is InChI=1S/C14H23N3O3S/c1-14(2)11-17(10-13(9-15)20-14)21(18,19)8-5-12-3-6-16-7-4-12/h3-4,6-7,13H,5,8-11,15H2,1-2H3. The molecule has 1 unspecified atom stereocenters. The first-order chi connectivity index (χ1) is 9.82. The van der Waals surface area contributed by atoms with Crippen molar-refractivity contribution in [2.24, 2.45) is 5.73 Å². The van der Waals surface area contributed by atoms with Crippen LogP contribution < -0.4 is 5.73 Å². The van der Waals surface area contributed by atoms with Gasteiger partial charge in [-0.05, 0) is 38.0 Å². The minimum Gasteiger partial charge on any atom is -0.368 e. The molecule has 1 aliphatic rings. The van der Waals surface area contributed by atoms with Gasteiger partial charge >= 0.3 is 0 Å². The van der Waals surface area contributed by atoms with Gasteiger partial charge in [0.1, 0.15) is 0 Å². The van der Waals surface area contributed by atoms with Crippen LogP contribution in [0.3, 0.4) is 0 Å². The number of hydrogen-bond donors (Lipinski definition) is 1. The monoisotopic (exact) mass is 313 g/mol. The van der Waals surface area contributed by atoms with Crippen LogP contribution >= 0.6 is 0 Å². The zero-order chi connectivity index (χ0) is 15.5. The summed E-state index contributed by atoms with van der Waals surface area (Å²) in [7, 11) is -3.32. The summed E-state index contributed by atoms with van der Waals surface area (Å²) in [5.41, 5.74) is 6.10. The highest BCUT2D eigenvalue weighted by Crippen LogP contribution is 2.23. The molecule has 0 amide bonds. The summed E-state index contributed by atoms with van der Waals surface area (Å²) >= 11 is 0. The highest BCUT2D eigenvalue weighted by Gasteiger charge is 2.37. The maximum Gasteiger partial charge on any atom is 0.214 e. The van der Waals surface area contributed by atoms with Gasteiger partial charge in [0.05, 0.1) is 17.5 Å². The molecule has 0 aromatic carbocycles. The predicted octanol–water partition coefficient (Wildman–Crippen LogP) is 0.392. The maximum atomic E-state index is 12.5. The van der Waals surface area contributed by atoms with Crippen LogP contribution in [0.1, 0.15) is 19.4 Å². The highest BCUT2D eigenvalue weighted by atomic mass is 32.2. The Hall–Kier alpha value is -1.02. The second kappa shape index (κ2) is 6.39. The lowest BCUT2D eigenvalue weighted by molar-refractivity contribution is -0.112. The molecule has 1 saturated heterocycles. The number of sulfonamides is 1. The molecule has 1 aromatic heterocycles. The van der Waals surface area contributed by atoms with E-state index < -0.39 is 15.6 Å². The van der Waals surface area contributed by atoms with Gasteiger partial charge in [-0.1, -0.05) is 0 Å². The third-order valence-electron chi connectivity index (χ3n) is 3.50. The topological polar surface area (TPSA) is 85.5 Å². The lowest BCUT2D eigenvalue weighted by atomic mass is 10.1. The van der Waals surface area contributed by atoms with Crippen LogP contribution in [-0.4, -0.2) is 54.8 Å². The molecule has 0 spiro atoms. The molecule has 1 aliphatic heterocycles. The number of hydrogen-bond acceptors (Lipinski definition) is 5. The minimum atomic E-state index is -3.32. The molecule has 1 fully saturated rings. The Bertz CT molecular complexity index is 560. The summed E-state index contributed by atoms with van der Waals surface area (Å²) in [5.74, 6) is 0.0877. The number of ether oxygens (including phenoxy) is 1. The van der Waals surface area contributed by atoms with Gasteiger partial charge in [0, 0.05) is 32.0 Å². The van der Waals surface area contributed by atoms with E-state index in [2.05, 4.69) is 4.98 Å². The van der Waals surface area contributed by atoms with Gasteiger partial charge in [0.2, 0.25) is 10.0 Å². The van der Waals surface area contributed by atoms with Crippen LogP contribution in [0.2, 0.25) is 0 Å². The zero-order valence-electron chi connectivity index (χ0n) is 12.5. The zero-order valence-corrected chi connectivity index (χ0v) is 13.3. The van der Waals surface area contributed by atoms with Crippen LogP contribution in [-0.2, 0) is 21.2 Å². The summed E-state index contributed by atoms with van der Waals surface area (Å²) in [6.45, 7) is 4.79. The number of aromatic nitrogens is 1. The van der Waals surface area contributed by atoms with Crippen molar-refractivity contribution < 1.29 is 13.2 Å². The van der Waals surface area contributed by atoms with Gasteiger partial charge in [-0.2, -0.15) is 4.31 Å². The van der Waals surface area contributed by atoms with Crippen LogP contribution in [0.4, 0.5) is 0 Å². The van der Waals surface area contributed by atoms with E-state index in [1.807, 2.05) is 26.0 Å². The Morgan fingerprint density at radius 2 is 2.10 bits per heavy atom. The molecule has 0 aliphatic carbocycles. The van der Waals surface area contributed by atoms with E-state index >= 15 is 0 Å². The molecule has 2 N–H and O–H groups in total. The third-order valence-corrected chi connectivity index (χ3v) is 5.29. The summed E-state index contributed by atoms with van der Waals surface area (Å²) < 4.78 is 32.3. The van der Waals surface area contributed by atoms with Crippen molar-refractivity contribution in [3.8, 4) is 0 Å². The summed E-state index contributed by atoms with van der Waals surface area (Å²) in [6, 6.07) is 3.67. The molecule has 0 saturated carbocycles. The fraction of sp³-hybridized carbons (Fsp3) is 0.643. The number of rotatable bonds is 5. The van der Waals surface area contributed by atoms with E-state index in [1.165, 1.54) is 4.31 Å². The predicted molar refractivity (Wildman–Crippen MR) is 81.3 cm³/mol. The second-order valence-corrected chi connectivity index (χ2v) is 8.04.